The maximum absolute atomic E-state index is 13.9. The largest absolute Gasteiger partial charge is 0.388 e. The lowest BCUT2D eigenvalue weighted by Crippen LogP contribution is -2.35. The highest BCUT2D eigenvalue weighted by Crippen LogP contribution is 2.26. The van der Waals surface area contributed by atoms with Crippen LogP contribution in [0.2, 0.25) is 0 Å². The molecule has 2 aliphatic heterocycles. The zero-order valence-corrected chi connectivity index (χ0v) is 12.5. The van der Waals surface area contributed by atoms with Gasteiger partial charge in [-0.1, -0.05) is 12.2 Å². The van der Waals surface area contributed by atoms with Gasteiger partial charge >= 0.3 is 0 Å². The van der Waals surface area contributed by atoms with Crippen LogP contribution in [-0.4, -0.2) is 43.7 Å². The summed E-state index contributed by atoms with van der Waals surface area (Å²) in [5.74, 6) is 1.52. The number of aliphatic imine (C=N–C) groups is 1. The molecule has 0 unspecified atom stereocenters. The smallest absolute Gasteiger partial charge is 0.163 e. The van der Waals surface area contributed by atoms with E-state index in [2.05, 4.69) is 32.2 Å². The Morgan fingerprint density at radius 2 is 2.13 bits per heavy atom. The molecule has 0 saturated carbocycles. The van der Waals surface area contributed by atoms with Gasteiger partial charge in [-0.15, -0.1) is 10.2 Å². The molecule has 1 aromatic heterocycles. The van der Waals surface area contributed by atoms with Crippen molar-refractivity contribution in [3.63, 3.8) is 0 Å². The first-order valence-corrected chi connectivity index (χ1v) is 7.56. The van der Waals surface area contributed by atoms with E-state index in [1.54, 1.807) is 10.6 Å². The van der Waals surface area contributed by atoms with Crippen molar-refractivity contribution in [2.24, 2.45) is 4.99 Å². The number of benzene rings is 1. The number of hydrogen-bond donors (Lipinski definition) is 1. The molecule has 4 rings (SSSR count). The molecule has 0 aliphatic carbocycles. The fraction of sp³-hybridized carbons (Fsp3) is 0.312. The van der Waals surface area contributed by atoms with Crippen LogP contribution in [0.25, 0.3) is 5.69 Å². The predicted molar refractivity (Wildman–Crippen MR) is 82.8 cm³/mol. The Balaban J connectivity index is 1.90. The van der Waals surface area contributed by atoms with Crippen LogP contribution < -0.4 is 0 Å². The van der Waals surface area contributed by atoms with Crippen molar-refractivity contribution in [1.82, 2.24) is 19.7 Å². The van der Waals surface area contributed by atoms with E-state index < -0.39 is 0 Å². The molecule has 1 N–H and O–H groups in total. The number of aliphatic hydroxyl groups excluding tert-OH is 1. The first-order chi connectivity index (χ1) is 11.3. The van der Waals surface area contributed by atoms with Crippen LogP contribution in [0, 0.1) is 5.82 Å². The van der Waals surface area contributed by atoms with Gasteiger partial charge in [0.25, 0.3) is 0 Å². The highest BCUT2D eigenvalue weighted by atomic mass is 19.1. The van der Waals surface area contributed by atoms with Gasteiger partial charge in [-0.3, -0.25) is 9.56 Å². The lowest BCUT2D eigenvalue weighted by Gasteiger charge is -2.27. The van der Waals surface area contributed by atoms with Crippen molar-refractivity contribution in [2.45, 2.75) is 19.6 Å². The van der Waals surface area contributed by atoms with Gasteiger partial charge in [0.2, 0.25) is 0 Å². The minimum Gasteiger partial charge on any atom is -0.388 e. The molecule has 1 aromatic carbocycles. The molecule has 0 fully saturated rings. The van der Waals surface area contributed by atoms with Gasteiger partial charge in [-0.05, 0) is 24.6 Å². The van der Waals surface area contributed by atoms with Gasteiger partial charge < -0.3 is 10.0 Å². The normalized spacial score (nSPS) is 16.6. The molecule has 118 valence electrons. The molecule has 0 saturated heterocycles. The SMILES string of the molecule is OCc1nnc2n1-c1ccc(F)cc1C(N1CC=CCC1)=NC2. The number of hydrogen-bond acceptors (Lipinski definition) is 5. The molecule has 3 heterocycles. The van der Waals surface area contributed by atoms with E-state index in [4.69, 9.17) is 0 Å². The predicted octanol–water partition coefficient (Wildman–Crippen LogP) is 1.42. The highest BCUT2D eigenvalue weighted by Gasteiger charge is 2.25. The maximum atomic E-state index is 13.9. The molecule has 0 atom stereocenters. The van der Waals surface area contributed by atoms with Crippen molar-refractivity contribution in [3.8, 4) is 5.69 Å². The molecular formula is C16H16FN5O. The number of halogens is 1. The number of amidine groups is 1. The van der Waals surface area contributed by atoms with Crippen molar-refractivity contribution >= 4 is 5.84 Å². The third-order valence-corrected chi connectivity index (χ3v) is 4.11. The van der Waals surface area contributed by atoms with E-state index in [9.17, 15) is 9.50 Å². The summed E-state index contributed by atoms with van der Waals surface area (Å²) < 4.78 is 15.6. The summed E-state index contributed by atoms with van der Waals surface area (Å²) in [6.07, 6.45) is 5.17. The monoisotopic (exact) mass is 313 g/mol. The van der Waals surface area contributed by atoms with Crippen molar-refractivity contribution in [1.29, 1.82) is 0 Å². The Hall–Kier alpha value is -2.54. The van der Waals surface area contributed by atoms with Crippen molar-refractivity contribution in [2.75, 3.05) is 13.1 Å². The number of rotatable bonds is 1. The average Bonchev–Trinajstić information content (AvgIpc) is 2.92. The van der Waals surface area contributed by atoms with Crippen LogP contribution >= 0.6 is 0 Å². The van der Waals surface area contributed by atoms with Crippen LogP contribution in [-0.2, 0) is 13.2 Å². The Morgan fingerprint density at radius 3 is 2.91 bits per heavy atom. The fourth-order valence-corrected chi connectivity index (χ4v) is 3.05. The summed E-state index contributed by atoms with van der Waals surface area (Å²) in [7, 11) is 0. The van der Waals surface area contributed by atoms with Crippen LogP contribution in [0.4, 0.5) is 4.39 Å². The van der Waals surface area contributed by atoms with Gasteiger partial charge in [-0.2, -0.15) is 0 Å². The van der Waals surface area contributed by atoms with E-state index in [0.29, 0.717) is 23.8 Å². The number of nitrogens with zero attached hydrogens (tertiary/aromatic N) is 5. The Kier molecular flexibility index (Phi) is 3.42. The summed E-state index contributed by atoms with van der Waals surface area (Å²) in [5.41, 5.74) is 1.45. The maximum Gasteiger partial charge on any atom is 0.163 e. The Bertz CT molecular complexity index is 811. The second-order valence-electron chi connectivity index (χ2n) is 5.53. The third kappa shape index (κ3) is 2.33. The van der Waals surface area contributed by atoms with Crippen LogP contribution in [0.5, 0.6) is 0 Å². The van der Waals surface area contributed by atoms with E-state index in [-0.39, 0.29) is 12.4 Å². The second kappa shape index (κ2) is 5.58. The summed E-state index contributed by atoms with van der Waals surface area (Å²) in [6.45, 7) is 1.71. The van der Waals surface area contributed by atoms with E-state index >= 15 is 0 Å². The Labute approximate surface area is 132 Å². The summed E-state index contributed by atoms with van der Waals surface area (Å²) in [4.78, 5) is 6.79. The Morgan fingerprint density at radius 1 is 1.22 bits per heavy atom. The van der Waals surface area contributed by atoms with E-state index in [0.717, 1.165) is 31.0 Å². The van der Waals surface area contributed by atoms with Crippen LogP contribution in [0.3, 0.4) is 0 Å². The summed E-state index contributed by atoms with van der Waals surface area (Å²) >= 11 is 0. The first-order valence-electron chi connectivity index (χ1n) is 7.56. The highest BCUT2D eigenvalue weighted by molar-refractivity contribution is 6.02. The topological polar surface area (TPSA) is 66.5 Å². The number of aromatic nitrogens is 3. The zero-order valence-electron chi connectivity index (χ0n) is 12.5. The lowest BCUT2D eigenvalue weighted by atomic mass is 10.1. The van der Waals surface area contributed by atoms with Crippen molar-refractivity contribution in [3.05, 3.63) is 53.4 Å². The fourth-order valence-electron chi connectivity index (χ4n) is 3.05. The summed E-state index contributed by atoms with van der Waals surface area (Å²) in [5, 5.41) is 17.6. The zero-order chi connectivity index (χ0) is 15.8. The van der Waals surface area contributed by atoms with Gasteiger partial charge in [-0.25, -0.2) is 4.39 Å². The van der Waals surface area contributed by atoms with E-state index in [1.807, 2.05) is 0 Å². The molecule has 0 radical (unpaired) electrons. The number of fused-ring (bicyclic) bond motifs is 3. The second-order valence-corrected chi connectivity index (χ2v) is 5.53. The first kappa shape index (κ1) is 14.1. The average molecular weight is 313 g/mol. The molecule has 6 nitrogen and oxygen atoms in total. The third-order valence-electron chi connectivity index (χ3n) is 4.11. The number of aliphatic hydroxyl groups is 1. The lowest BCUT2D eigenvalue weighted by molar-refractivity contribution is 0.268. The van der Waals surface area contributed by atoms with Crippen molar-refractivity contribution < 1.29 is 9.50 Å². The molecule has 7 heteroatoms. The van der Waals surface area contributed by atoms with E-state index in [1.165, 1.54) is 12.1 Å². The molecule has 0 bridgehead atoms. The summed E-state index contributed by atoms with van der Waals surface area (Å²) in [6, 6.07) is 4.59. The molecule has 0 spiro atoms. The molecule has 23 heavy (non-hydrogen) atoms. The molecule has 0 amide bonds. The minimum atomic E-state index is -0.314. The molecule has 2 aliphatic rings. The minimum absolute atomic E-state index is 0.231. The van der Waals surface area contributed by atoms with Crippen LogP contribution in [0.1, 0.15) is 23.6 Å². The molecule has 2 aromatic rings. The standard InChI is InChI=1S/C16H16FN5O/c17-11-4-5-13-12(8-11)16(21-6-2-1-3-7-21)18-9-14-19-20-15(10-23)22(13)14/h1-2,4-5,8,23H,3,6-7,9-10H2. The van der Waals surface area contributed by atoms with Gasteiger partial charge in [0, 0.05) is 18.7 Å². The van der Waals surface area contributed by atoms with Gasteiger partial charge in [0.15, 0.2) is 11.6 Å². The molecular weight excluding hydrogens is 297 g/mol. The van der Waals surface area contributed by atoms with Gasteiger partial charge in [0.05, 0.1) is 5.69 Å². The van der Waals surface area contributed by atoms with Gasteiger partial charge in [0.1, 0.15) is 24.8 Å². The quantitative estimate of drug-likeness (QED) is 0.809. The van der Waals surface area contributed by atoms with Crippen LogP contribution in [0.15, 0.2) is 35.3 Å².